The molecule has 61 heavy (non-hydrogen) atoms. The number of halogens is 2. The highest BCUT2D eigenvalue weighted by Crippen LogP contribution is 2.49. The molecule has 0 aliphatic rings. The summed E-state index contributed by atoms with van der Waals surface area (Å²) in [5.74, 6) is 0.592. The molecule has 3 aromatic heterocycles. The molecule has 0 saturated heterocycles. The summed E-state index contributed by atoms with van der Waals surface area (Å²) in [6, 6.07) is 23.1. The van der Waals surface area contributed by atoms with E-state index in [-0.39, 0.29) is 48.6 Å². The van der Waals surface area contributed by atoms with Gasteiger partial charge in [0.25, 0.3) is 0 Å². The Morgan fingerprint density at radius 3 is 2.49 bits per heavy atom. The highest BCUT2D eigenvalue weighted by Gasteiger charge is 2.30. The molecule has 7 aromatic rings. The van der Waals surface area contributed by atoms with Crippen LogP contribution in [0.1, 0.15) is 23.7 Å². The number of hydrogen-bond donors (Lipinski definition) is 3. The number of rotatable bonds is 17. The summed E-state index contributed by atoms with van der Waals surface area (Å²) < 4.78 is 43.7. The fourth-order valence-corrected chi connectivity index (χ4v) is 7.91. The molecule has 0 saturated carbocycles. The third kappa shape index (κ3) is 9.66. The van der Waals surface area contributed by atoms with E-state index in [0.29, 0.717) is 71.5 Å². The number of carbonyl (C=O) groups excluding carboxylic acids is 1. The number of aliphatic hydroxyl groups excluding tert-OH is 2. The quantitative estimate of drug-likeness (QED) is 0.0749. The summed E-state index contributed by atoms with van der Waals surface area (Å²) in [6.45, 7) is 2.89. The smallest absolute Gasteiger partial charge is 0.347 e. The second-order valence-corrected chi connectivity index (χ2v) is 15.0. The van der Waals surface area contributed by atoms with E-state index in [4.69, 9.17) is 35.3 Å². The van der Waals surface area contributed by atoms with E-state index in [2.05, 4.69) is 19.9 Å². The predicted octanol–water partition coefficient (Wildman–Crippen LogP) is 8.16. The van der Waals surface area contributed by atoms with Gasteiger partial charge < -0.3 is 39.0 Å². The van der Waals surface area contributed by atoms with Gasteiger partial charge in [0.2, 0.25) is 12.0 Å². The molecule has 0 aliphatic carbocycles. The molecule has 0 aliphatic heterocycles. The van der Waals surface area contributed by atoms with Gasteiger partial charge in [-0.1, -0.05) is 41.9 Å². The van der Waals surface area contributed by atoms with E-state index in [9.17, 15) is 24.5 Å². The monoisotopic (exact) mass is 866 g/mol. The summed E-state index contributed by atoms with van der Waals surface area (Å²) >= 11 is 8.17. The number of ether oxygens (including phenoxy) is 5. The van der Waals surface area contributed by atoms with Crippen molar-refractivity contribution in [3.05, 3.63) is 125 Å². The molecule has 3 heterocycles. The zero-order valence-electron chi connectivity index (χ0n) is 33.2. The third-order valence-electron chi connectivity index (χ3n) is 9.51. The van der Waals surface area contributed by atoms with E-state index in [0.717, 1.165) is 0 Å². The number of aliphatic hydroxyl groups is 2. The van der Waals surface area contributed by atoms with E-state index in [1.165, 1.54) is 41.9 Å². The van der Waals surface area contributed by atoms with Crippen LogP contribution in [0.5, 0.6) is 28.9 Å². The van der Waals surface area contributed by atoms with Gasteiger partial charge in [0.1, 0.15) is 59.3 Å². The Morgan fingerprint density at radius 2 is 1.72 bits per heavy atom. The van der Waals surface area contributed by atoms with Gasteiger partial charge in [0.15, 0.2) is 5.82 Å². The first-order chi connectivity index (χ1) is 29.6. The van der Waals surface area contributed by atoms with Crippen LogP contribution in [0.2, 0.25) is 5.02 Å². The molecule has 0 spiro atoms. The van der Waals surface area contributed by atoms with Crippen molar-refractivity contribution in [3.63, 3.8) is 0 Å². The van der Waals surface area contributed by atoms with Gasteiger partial charge in [-0.3, -0.25) is 0 Å². The Labute approximate surface area is 359 Å². The standard InChI is InChI=1S/C45H40ClFN4O9S/c1-4-57-45(55)37(20-27-19-30(53)13-15-34(27)58-22-29-17-18-48-42(51-29)33-7-5-6-8-35(33)56-3)60-43-39-38(32-14-16-36(40(46)25(32)2)59-23-31(54)21-52)41(61-44(39)50-24-49-43)26-9-11-28(47)12-10-26/h5-19,24,31,37,52-54H,4,20-23H2,1-3H3/t31-,37-/m1/s1. The van der Waals surface area contributed by atoms with Crippen LogP contribution in [0.4, 0.5) is 4.39 Å². The second kappa shape index (κ2) is 19.3. The van der Waals surface area contributed by atoms with E-state index in [1.54, 1.807) is 63.6 Å². The molecule has 0 bridgehead atoms. The number of thiophene rings is 1. The number of carbonyl (C=O) groups is 1. The average Bonchev–Trinajstić information content (AvgIpc) is 3.66. The molecule has 7 rings (SSSR count). The maximum absolute atomic E-state index is 14.2. The van der Waals surface area contributed by atoms with Crippen molar-refractivity contribution >= 4 is 39.1 Å². The minimum absolute atomic E-state index is 0.0259. The number of esters is 1. The Bertz CT molecular complexity index is 2670. The van der Waals surface area contributed by atoms with Crippen molar-refractivity contribution in [2.45, 2.75) is 39.1 Å². The molecule has 314 valence electrons. The Morgan fingerprint density at radius 1 is 0.934 bits per heavy atom. The number of benzene rings is 4. The Hall–Kier alpha value is -6.39. The van der Waals surface area contributed by atoms with Crippen LogP contribution < -0.4 is 18.9 Å². The Kier molecular flexibility index (Phi) is 13.5. The molecule has 0 radical (unpaired) electrons. The lowest BCUT2D eigenvalue weighted by Gasteiger charge is -2.20. The molecule has 4 aromatic carbocycles. The van der Waals surface area contributed by atoms with Crippen molar-refractivity contribution in [3.8, 4) is 61.8 Å². The average molecular weight is 867 g/mol. The third-order valence-corrected chi connectivity index (χ3v) is 11.1. The van der Waals surface area contributed by atoms with Crippen LogP contribution in [0.25, 0.3) is 43.2 Å². The summed E-state index contributed by atoms with van der Waals surface area (Å²) in [5, 5.41) is 30.5. The largest absolute Gasteiger partial charge is 0.508 e. The first-order valence-electron chi connectivity index (χ1n) is 19.1. The van der Waals surface area contributed by atoms with Gasteiger partial charge in [0.05, 0.1) is 42.0 Å². The number of aromatic nitrogens is 4. The number of fused-ring (bicyclic) bond motifs is 1. The van der Waals surface area contributed by atoms with Crippen LogP contribution in [-0.2, 0) is 22.6 Å². The molecule has 13 nitrogen and oxygen atoms in total. The van der Waals surface area contributed by atoms with Gasteiger partial charge in [0, 0.05) is 28.6 Å². The lowest BCUT2D eigenvalue weighted by atomic mass is 9.96. The number of hydrogen-bond acceptors (Lipinski definition) is 14. The van der Waals surface area contributed by atoms with E-state index in [1.807, 2.05) is 24.3 Å². The van der Waals surface area contributed by atoms with Crippen molar-refractivity contribution in [1.82, 2.24) is 19.9 Å². The minimum atomic E-state index is -1.29. The summed E-state index contributed by atoms with van der Waals surface area (Å²) in [4.78, 5) is 33.1. The lowest BCUT2D eigenvalue weighted by Crippen LogP contribution is -2.32. The second-order valence-electron chi connectivity index (χ2n) is 13.6. The number of aromatic hydroxyl groups is 1. The SMILES string of the molecule is CCOC(=O)[C@@H](Cc1cc(O)ccc1OCc1ccnc(-c2ccccc2OC)n1)Oc1ncnc2sc(-c3ccc(F)cc3)c(-c3ccc(OC[C@H](O)CO)c(Cl)c3C)c12. The lowest BCUT2D eigenvalue weighted by molar-refractivity contribution is -0.151. The van der Waals surface area contributed by atoms with Crippen molar-refractivity contribution in [2.24, 2.45) is 0 Å². The van der Waals surface area contributed by atoms with Gasteiger partial charge in [-0.15, -0.1) is 11.3 Å². The topological polar surface area (TPSA) is 175 Å². The molecule has 16 heteroatoms. The normalized spacial score (nSPS) is 12.2. The van der Waals surface area contributed by atoms with E-state index < -0.39 is 30.6 Å². The maximum Gasteiger partial charge on any atom is 0.347 e. The van der Waals surface area contributed by atoms with E-state index >= 15 is 0 Å². The minimum Gasteiger partial charge on any atom is -0.508 e. The Balaban J connectivity index is 1.26. The molecule has 2 atom stereocenters. The highest BCUT2D eigenvalue weighted by atomic mass is 35.5. The van der Waals surface area contributed by atoms with Gasteiger partial charge in [-0.25, -0.2) is 29.1 Å². The number of methoxy groups -OCH3 is 1. The first-order valence-corrected chi connectivity index (χ1v) is 20.3. The van der Waals surface area contributed by atoms with Crippen LogP contribution >= 0.6 is 22.9 Å². The number of phenols is 1. The molecule has 0 amide bonds. The first kappa shape index (κ1) is 42.7. The summed E-state index contributed by atoms with van der Waals surface area (Å²) in [5.41, 5.74) is 4.22. The zero-order valence-corrected chi connectivity index (χ0v) is 34.7. The van der Waals surface area contributed by atoms with Gasteiger partial charge >= 0.3 is 5.97 Å². The van der Waals surface area contributed by atoms with Gasteiger partial charge in [-0.05, 0) is 85.1 Å². The number of phenolic OH excluding ortho intramolecular Hbond substituents is 1. The number of nitrogens with zero attached hydrogens (tertiary/aromatic N) is 4. The van der Waals surface area contributed by atoms with Crippen LogP contribution in [0.3, 0.4) is 0 Å². The van der Waals surface area contributed by atoms with Crippen LogP contribution in [0, 0.1) is 12.7 Å². The maximum atomic E-state index is 14.2. The van der Waals surface area contributed by atoms with Gasteiger partial charge in [-0.2, -0.15) is 0 Å². The molecule has 3 N–H and O–H groups in total. The molecular weight excluding hydrogens is 827 g/mol. The molecule has 0 unspecified atom stereocenters. The van der Waals surface area contributed by atoms with Crippen LogP contribution in [-0.4, -0.2) is 80.4 Å². The molecule has 0 fully saturated rings. The zero-order chi connectivity index (χ0) is 43.0. The summed E-state index contributed by atoms with van der Waals surface area (Å²) in [7, 11) is 1.58. The predicted molar refractivity (Wildman–Crippen MR) is 228 cm³/mol. The summed E-state index contributed by atoms with van der Waals surface area (Å²) in [6.07, 6.45) is 0.442. The van der Waals surface area contributed by atoms with Crippen molar-refractivity contribution in [1.29, 1.82) is 0 Å². The highest BCUT2D eigenvalue weighted by molar-refractivity contribution is 7.22. The molecular formula is C45H40ClFN4O9S. The fourth-order valence-electron chi connectivity index (χ4n) is 6.54. The van der Waals surface area contributed by atoms with Crippen molar-refractivity contribution in [2.75, 3.05) is 26.9 Å². The fraction of sp³-hybridized carbons (Fsp3) is 0.222. The van der Waals surface area contributed by atoms with Crippen LogP contribution in [0.15, 0.2) is 97.5 Å². The van der Waals surface area contributed by atoms with Crippen molar-refractivity contribution < 1.29 is 48.2 Å². The number of para-hydroxylation sites is 1.